The maximum atomic E-state index is 4.84. The molecule has 2 aliphatic heterocycles. The lowest BCUT2D eigenvalue weighted by Gasteiger charge is -2.42. The van der Waals surface area contributed by atoms with E-state index in [1.165, 1.54) is 45.0 Å². The van der Waals surface area contributed by atoms with E-state index in [9.17, 15) is 0 Å². The number of hydrogen-bond acceptors (Lipinski definition) is 4. The van der Waals surface area contributed by atoms with Gasteiger partial charge >= 0.3 is 0 Å². The molecule has 4 nitrogen and oxygen atoms in total. The van der Waals surface area contributed by atoms with Crippen molar-refractivity contribution in [2.75, 3.05) is 9.80 Å². The fraction of sp³-hybridized carbons (Fsp3) is 0.115. The van der Waals surface area contributed by atoms with E-state index in [1.807, 2.05) is 24.8 Å². The molecule has 4 heteroatoms. The first-order valence-electron chi connectivity index (χ1n) is 19.4. The second kappa shape index (κ2) is 12.9. The van der Waals surface area contributed by atoms with Crippen LogP contribution in [0.3, 0.4) is 0 Å². The Morgan fingerprint density at radius 3 is 0.929 bits per heavy atom. The summed E-state index contributed by atoms with van der Waals surface area (Å²) in [6.45, 7) is 9.31. The van der Waals surface area contributed by atoms with Crippen molar-refractivity contribution in [3.05, 3.63) is 205 Å². The van der Waals surface area contributed by atoms with Crippen LogP contribution in [-0.2, 0) is 10.8 Å². The molecule has 0 fully saturated rings. The highest BCUT2D eigenvalue weighted by Crippen LogP contribution is 2.55. The van der Waals surface area contributed by atoms with Gasteiger partial charge in [0.2, 0.25) is 0 Å². The predicted octanol–water partition coefficient (Wildman–Crippen LogP) is 13.7. The van der Waals surface area contributed by atoms with Crippen LogP contribution >= 0.6 is 0 Å². The fourth-order valence-corrected chi connectivity index (χ4v) is 9.17. The minimum absolute atomic E-state index is 0.131. The minimum Gasteiger partial charge on any atom is -0.309 e. The van der Waals surface area contributed by atoms with Gasteiger partial charge < -0.3 is 9.80 Å². The first-order valence-corrected chi connectivity index (χ1v) is 19.4. The Balaban J connectivity index is 1.07. The van der Waals surface area contributed by atoms with E-state index in [4.69, 9.17) is 9.97 Å². The van der Waals surface area contributed by atoms with Crippen LogP contribution in [0.2, 0.25) is 0 Å². The van der Waals surface area contributed by atoms with Gasteiger partial charge in [0.05, 0.1) is 34.1 Å². The Labute approximate surface area is 329 Å². The topological polar surface area (TPSA) is 32.3 Å². The van der Waals surface area contributed by atoms with Gasteiger partial charge in [0, 0.05) is 69.0 Å². The van der Waals surface area contributed by atoms with Crippen LogP contribution in [0.25, 0.3) is 33.4 Å². The second-order valence-corrected chi connectivity index (χ2v) is 15.9. The molecule has 4 heterocycles. The van der Waals surface area contributed by atoms with E-state index in [0.717, 1.165) is 44.8 Å². The van der Waals surface area contributed by atoms with Gasteiger partial charge in [-0.2, -0.15) is 0 Å². The van der Waals surface area contributed by atoms with Crippen molar-refractivity contribution in [2.45, 2.75) is 38.5 Å². The molecule has 0 radical (unpaired) electrons. The smallest absolute Gasteiger partial charge is 0.0540 e. The highest BCUT2D eigenvalue weighted by molar-refractivity contribution is 5.95. The van der Waals surface area contributed by atoms with Crippen molar-refractivity contribution in [3.63, 3.8) is 0 Å². The first-order chi connectivity index (χ1) is 27.3. The van der Waals surface area contributed by atoms with Gasteiger partial charge in [0.15, 0.2) is 0 Å². The summed E-state index contributed by atoms with van der Waals surface area (Å²) in [5.41, 5.74) is 18.4. The summed E-state index contributed by atoms with van der Waals surface area (Å²) in [5, 5.41) is 0. The quantitative estimate of drug-likeness (QED) is 0.177. The first kappa shape index (κ1) is 33.8. The van der Waals surface area contributed by atoms with E-state index >= 15 is 0 Å². The molecule has 6 aromatic carbocycles. The molecular formula is C52H42N4. The summed E-state index contributed by atoms with van der Waals surface area (Å²) in [4.78, 5) is 14.5. The van der Waals surface area contributed by atoms with E-state index in [0.29, 0.717) is 0 Å². The van der Waals surface area contributed by atoms with Gasteiger partial charge in [-0.1, -0.05) is 137 Å². The van der Waals surface area contributed by atoms with Crippen LogP contribution in [0.4, 0.5) is 34.1 Å². The highest BCUT2D eigenvalue weighted by Gasteiger charge is 2.38. The monoisotopic (exact) mass is 722 g/mol. The van der Waals surface area contributed by atoms with Gasteiger partial charge in [-0.05, 0) is 70.8 Å². The zero-order valence-electron chi connectivity index (χ0n) is 32.1. The molecule has 0 N–H and O–H groups in total. The molecule has 0 atom stereocenters. The van der Waals surface area contributed by atoms with Gasteiger partial charge in [-0.3, -0.25) is 9.97 Å². The van der Waals surface area contributed by atoms with Crippen LogP contribution in [0, 0.1) is 0 Å². The van der Waals surface area contributed by atoms with Crippen LogP contribution in [0.5, 0.6) is 0 Å². The standard InChI is InChI=1S/C52H42N4/c1-51(2)41-19-7-13-25-47(41)55(48-26-14-8-20-42(48)51)45-23-11-5-17-39(45)37-29-35(31-53-33-37)36-30-38(34-54-32-36)40-18-6-12-24-46(40)56-49-27-15-9-21-43(49)52(3,4)44-22-10-16-28-50(44)56/h5-34H,1-4H3. The number of rotatable bonds is 5. The molecule has 0 amide bonds. The molecule has 0 saturated heterocycles. The normalized spacial score (nSPS) is 14.6. The van der Waals surface area contributed by atoms with Crippen molar-refractivity contribution in [3.8, 4) is 33.4 Å². The molecule has 0 spiro atoms. The Bertz CT molecular complexity index is 2510. The molecule has 10 rings (SSSR count). The number of hydrogen-bond donors (Lipinski definition) is 0. The Hall–Kier alpha value is -6.78. The number of fused-ring (bicyclic) bond motifs is 4. The fourth-order valence-electron chi connectivity index (χ4n) is 9.17. The lowest BCUT2D eigenvalue weighted by molar-refractivity contribution is 0.632. The number of pyridine rings is 2. The zero-order valence-corrected chi connectivity index (χ0v) is 32.1. The zero-order chi connectivity index (χ0) is 38.0. The molecule has 56 heavy (non-hydrogen) atoms. The number of benzene rings is 6. The van der Waals surface area contributed by atoms with Gasteiger partial charge in [-0.15, -0.1) is 0 Å². The molecule has 8 aromatic rings. The van der Waals surface area contributed by atoms with E-state index < -0.39 is 0 Å². The second-order valence-electron chi connectivity index (χ2n) is 15.9. The summed E-state index contributed by atoms with van der Waals surface area (Å²) in [6.07, 6.45) is 7.86. The maximum Gasteiger partial charge on any atom is 0.0540 e. The number of aromatic nitrogens is 2. The van der Waals surface area contributed by atoms with Crippen LogP contribution in [0.1, 0.15) is 49.9 Å². The molecule has 2 aromatic heterocycles. The number of nitrogens with zero attached hydrogens (tertiary/aromatic N) is 4. The SMILES string of the molecule is CC1(C)c2ccccc2N(c2ccccc2-c2cncc(-c3cncc(-c4ccccc4N4c5ccccc5C(C)(C)c5ccccc54)c3)c2)c2ccccc21. The lowest BCUT2D eigenvalue weighted by atomic mass is 9.73. The Morgan fingerprint density at radius 2 is 0.589 bits per heavy atom. The third kappa shape index (κ3) is 5.20. The summed E-state index contributed by atoms with van der Waals surface area (Å²) in [5.74, 6) is 0. The van der Waals surface area contributed by atoms with Gasteiger partial charge in [-0.25, -0.2) is 0 Å². The largest absolute Gasteiger partial charge is 0.309 e. The van der Waals surface area contributed by atoms with Crippen molar-refractivity contribution in [1.29, 1.82) is 0 Å². The molecular weight excluding hydrogens is 681 g/mol. The molecule has 270 valence electrons. The average Bonchev–Trinajstić information content (AvgIpc) is 3.24. The van der Waals surface area contributed by atoms with Gasteiger partial charge in [0.25, 0.3) is 0 Å². The summed E-state index contributed by atoms with van der Waals surface area (Å²) in [6, 6.07) is 57.1. The Morgan fingerprint density at radius 1 is 0.321 bits per heavy atom. The van der Waals surface area contributed by atoms with Crippen LogP contribution in [-0.4, -0.2) is 9.97 Å². The summed E-state index contributed by atoms with van der Waals surface area (Å²) < 4.78 is 0. The Kier molecular flexibility index (Phi) is 7.79. The molecule has 0 aliphatic carbocycles. The number of anilines is 6. The third-order valence-electron chi connectivity index (χ3n) is 12.0. The average molecular weight is 723 g/mol. The lowest BCUT2D eigenvalue weighted by Crippen LogP contribution is -2.30. The maximum absolute atomic E-state index is 4.84. The summed E-state index contributed by atoms with van der Waals surface area (Å²) in [7, 11) is 0. The molecule has 2 aliphatic rings. The molecule has 0 bridgehead atoms. The third-order valence-corrected chi connectivity index (χ3v) is 12.0. The number of para-hydroxylation sites is 6. The van der Waals surface area contributed by atoms with E-state index in [2.05, 4.69) is 195 Å². The minimum atomic E-state index is -0.131. The molecule has 0 unspecified atom stereocenters. The van der Waals surface area contributed by atoms with Crippen molar-refractivity contribution >= 4 is 34.1 Å². The van der Waals surface area contributed by atoms with E-state index in [1.54, 1.807) is 0 Å². The summed E-state index contributed by atoms with van der Waals surface area (Å²) >= 11 is 0. The van der Waals surface area contributed by atoms with Gasteiger partial charge in [0.1, 0.15) is 0 Å². The predicted molar refractivity (Wildman–Crippen MR) is 232 cm³/mol. The highest BCUT2D eigenvalue weighted by atomic mass is 15.2. The van der Waals surface area contributed by atoms with Crippen molar-refractivity contribution < 1.29 is 0 Å². The van der Waals surface area contributed by atoms with Crippen molar-refractivity contribution in [2.24, 2.45) is 0 Å². The van der Waals surface area contributed by atoms with Crippen molar-refractivity contribution in [1.82, 2.24) is 9.97 Å². The van der Waals surface area contributed by atoms with E-state index in [-0.39, 0.29) is 10.8 Å². The van der Waals surface area contributed by atoms with Crippen LogP contribution < -0.4 is 9.80 Å². The van der Waals surface area contributed by atoms with Crippen LogP contribution in [0.15, 0.2) is 183 Å². The molecule has 0 saturated carbocycles.